The molecule has 2 aliphatic heterocycles. The van der Waals surface area contributed by atoms with Crippen LogP contribution in [0.4, 0.5) is 5.82 Å². The molecule has 0 amide bonds. The molecule has 3 heterocycles. The summed E-state index contributed by atoms with van der Waals surface area (Å²) in [5.41, 5.74) is 6.80. The number of pyridine rings is 1. The van der Waals surface area contributed by atoms with E-state index in [0.29, 0.717) is 22.3 Å². The zero-order valence-electron chi connectivity index (χ0n) is 17.1. The van der Waals surface area contributed by atoms with Crippen molar-refractivity contribution in [2.45, 2.75) is 15.0 Å². The highest BCUT2D eigenvalue weighted by Crippen LogP contribution is 2.39. The van der Waals surface area contributed by atoms with Gasteiger partial charge in [-0.2, -0.15) is 5.11 Å². The van der Waals surface area contributed by atoms with E-state index in [9.17, 15) is 16.8 Å². The molecule has 5 rings (SSSR count). The molecule has 0 unspecified atom stereocenters. The molecule has 0 bridgehead atoms. The molecule has 0 atom stereocenters. The minimum absolute atomic E-state index is 0.00165. The van der Waals surface area contributed by atoms with Crippen LogP contribution in [-0.4, -0.2) is 52.7 Å². The summed E-state index contributed by atoms with van der Waals surface area (Å²) in [5, 5.41) is 17.0. The van der Waals surface area contributed by atoms with Crippen LogP contribution in [0, 0.1) is 0 Å². The minimum atomic E-state index is -4.51. The number of primary sulfonamides is 1. The molecular weight excluding hydrogens is 466 g/mol. The van der Waals surface area contributed by atoms with E-state index >= 15 is 0 Å². The number of hydrogen-bond donors (Lipinski definition) is 3. The molecule has 33 heavy (non-hydrogen) atoms. The van der Waals surface area contributed by atoms with Crippen molar-refractivity contribution in [1.29, 1.82) is 0 Å². The maximum Gasteiger partial charge on any atom is 0.240 e. The third-order valence-electron chi connectivity index (χ3n) is 5.64. The second-order valence-electron chi connectivity index (χ2n) is 7.69. The van der Waals surface area contributed by atoms with Crippen LogP contribution in [0.2, 0.25) is 0 Å². The molecule has 5 N–H and O–H groups in total. The van der Waals surface area contributed by atoms with Crippen LogP contribution in [0.3, 0.4) is 0 Å². The highest BCUT2D eigenvalue weighted by Gasteiger charge is 2.39. The van der Waals surface area contributed by atoms with Gasteiger partial charge in [-0.3, -0.25) is 0 Å². The summed E-state index contributed by atoms with van der Waals surface area (Å²) in [6.07, 6.45) is 1.57. The Bertz CT molecular complexity index is 1580. The number of nitrogen functional groups attached to an aromatic ring is 1. The number of aliphatic imine (C=N–C) groups is 1. The predicted molar refractivity (Wildman–Crippen MR) is 123 cm³/mol. The average molecular weight is 486 g/mol. The van der Waals surface area contributed by atoms with E-state index < -0.39 is 30.0 Å². The Morgan fingerprint density at radius 3 is 2.45 bits per heavy atom. The van der Waals surface area contributed by atoms with Crippen LogP contribution in [0.1, 0.15) is 5.56 Å². The number of nitrogens with two attached hydrogens (primary N) is 2. The van der Waals surface area contributed by atoms with Crippen LogP contribution < -0.4 is 16.2 Å². The van der Waals surface area contributed by atoms with Gasteiger partial charge >= 0.3 is 0 Å². The molecule has 0 spiro atoms. The molecule has 1 fully saturated rings. The molecule has 0 aliphatic carbocycles. The monoisotopic (exact) mass is 485 g/mol. The topological polar surface area (TPSA) is 182 Å². The van der Waals surface area contributed by atoms with Gasteiger partial charge in [-0.25, -0.2) is 32.0 Å². The second kappa shape index (κ2) is 7.66. The smallest absolute Gasteiger partial charge is 0.240 e. The second-order valence-corrected chi connectivity index (χ2v) is 11.4. The Morgan fingerprint density at radius 2 is 1.82 bits per heavy atom. The quantitative estimate of drug-likeness (QED) is 0.482. The molecule has 3 aromatic rings. The average Bonchev–Trinajstić information content (AvgIpc) is 3.24. The van der Waals surface area contributed by atoms with Crippen molar-refractivity contribution in [3.05, 3.63) is 48.2 Å². The number of aromatic nitrogens is 1. The fraction of sp³-hybridized carbons (Fsp3) is 0.200. The Hall–Kier alpha value is -3.26. The van der Waals surface area contributed by atoms with Gasteiger partial charge in [0.1, 0.15) is 10.7 Å². The lowest BCUT2D eigenvalue weighted by Gasteiger charge is -2.28. The number of azo groups is 1. The molecule has 170 valence electrons. The number of fused-ring (bicyclic) bond motifs is 1. The Morgan fingerprint density at radius 1 is 1.03 bits per heavy atom. The van der Waals surface area contributed by atoms with Gasteiger partial charge in [0.05, 0.1) is 10.1 Å². The summed E-state index contributed by atoms with van der Waals surface area (Å²) in [5.74, 6) is 0.327. The van der Waals surface area contributed by atoms with Crippen molar-refractivity contribution < 1.29 is 16.8 Å². The molecule has 2 aliphatic rings. The lowest BCUT2D eigenvalue weighted by atomic mass is 9.95. The summed E-state index contributed by atoms with van der Waals surface area (Å²) in [6.45, 7) is 0.442. The lowest BCUT2D eigenvalue weighted by molar-refractivity contribution is 0.493. The van der Waals surface area contributed by atoms with Crippen LogP contribution in [-0.2, 0) is 19.9 Å². The van der Waals surface area contributed by atoms with E-state index in [4.69, 9.17) is 10.9 Å². The zero-order valence-corrected chi connectivity index (χ0v) is 18.8. The predicted octanol–water partition coefficient (Wildman–Crippen LogP) is 1.05. The maximum atomic E-state index is 13.3. The Balaban J connectivity index is 1.89. The van der Waals surface area contributed by atoms with Crippen molar-refractivity contribution in [3.8, 4) is 11.1 Å². The van der Waals surface area contributed by atoms with Crippen molar-refractivity contribution in [3.63, 3.8) is 0 Å². The van der Waals surface area contributed by atoms with Crippen molar-refractivity contribution in [2.75, 3.05) is 25.5 Å². The highest BCUT2D eigenvalue weighted by atomic mass is 32.2. The normalized spacial score (nSPS) is 16.7. The summed E-state index contributed by atoms with van der Waals surface area (Å²) < 4.78 is 52.2. The zero-order chi connectivity index (χ0) is 23.4. The number of nitrogens with zero attached hydrogens (tertiary/aromatic N) is 4. The fourth-order valence-corrected chi connectivity index (χ4v) is 7.14. The molecule has 0 saturated carbocycles. The Labute approximate surface area is 189 Å². The van der Waals surface area contributed by atoms with E-state index in [2.05, 4.69) is 25.5 Å². The Kier molecular flexibility index (Phi) is 5.01. The number of nitrogens with one attached hydrogen (secondary N) is 1. The minimum Gasteiger partial charge on any atom is -0.384 e. The third kappa shape index (κ3) is 3.58. The van der Waals surface area contributed by atoms with Crippen LogP contribution >= 0.6 is 0 Å². The van der Waals surface area contributed by atoms with Gasteiger partial charge in [-0.15, -0.1) is 5.11 Å². The first-order chi connectivity index (χ1) is 15.7. The first kappa shape index (κ1) is 21.6. The first-order valence-electron chi connectivity index (χ1n) is 9.89. The van der Waals surface area contributed by atoms with Gasteiger partial charge < -0.3 is 11.1 Å². The van der Waals surface area contributed by atoms with Crippen molar-refractivity contribution >= 4 is 42.3 Å². The number of hydrogen-bond acceptors (Lipinski definition) is 10. The van der Waals surface area contributed by atoms with Gasteiger partial charge in [0.25, 0.3) is 0 Å². The van der Waals surface area contributed by atoms with E-state index in [0.717, 1.165) is 5.39 Å². The van der Waals surface area contributed by atoms with Gasteiger partial charge in [-0.05, 0) is 28.6 Å². The summed E-state index contributed by atoms with van der Waals surface area (Å²) in [7, 11) is -8.50. The lowest BCUT2D eigenvalue weighted by Crippen LogP contribution is -2.51. The molecule has 1 saturated heterocycles. The number of anilines is 1. The van der Waals surface area contributed by atoms with Crippen LogP contribution in [0.15, 0.2) is 67.6 Å². The first-order valence-corrected chi connectivity index (χ1v) is 13.0. The number of amidine groups is 1. The van der Waals surface area contributed by atoms with E-state index in [1.807, 2.05) is 6.07 Å². The molecule has 13 heteroatoms. The summed E-state index contributed by atoms with van der Waals surface area (Å²) in [4.78, 5) is 7.43. The molecule has 0 radical (unpaired) electrons. The standard InChI is InChI=1S/C20H19N7O4S2/c21-17-6-11-2-1-3-13(15(11)9-24-17)14-4-5-16(32(28,29)12-7-23-8-12)19(33(22,30)31)18(14)20-25-10-26-27-20/h1-6,9,12,23H,7-8,10H2,(H2,21,24)(H2,22,30,31). The van der Waals surface area contributed by atoms with Gasteiger partial charge in [0, 0.05) is 30.2 Å². The third-order valence-corrected chi connectivity index (χ3v) is 8.93. The largest absolute Gasteiger partial charge is 0.384 e. The van der Waals surface area contributed by atoms with Crippen LogP contribution in [0.25, 0.3) is 21.9 Å². The van der Waals surface area contributed by atoms with Gasteiger partial charge in [0.2, 0.25) is 10.0 Å². The number of benzene rings is 2. The van der Waals surface area contributed by atoms with E-state index in [1.165, 1.54) is 6.07 Å². The number of rotatable bonds is 5. The van der Waals surface area contributed by atoms with Crippen molar-refractivity contribution in [2.24, 2.45) is 20.4 Å². The van der Waals surface area contributed by atoms with Gasteiger partial charge in [0.15, 0.2) is 22.3 Å². The van der Waals surface area contributed by atoms with E-state index in [-0.39, 0.29) is 36.1 Å². The van der Waals surface area contributed by atoms with E-state index in [1.54, 1.807) is 30.5 Å². The van der Waals surface area contributed by atoms with Crippen LogP contribution in [0.5, 0.6) is 0 Å². The number of sulfonamides is 1. The number of sulfone groups is 1. The van der Waals surface area contributed by atoms with Crippen molar-refractivity contribution in [1.82, 2.24) is 10.3 Å². The highest BCUT2D eigenvalue weighted by molar-refractivity contribution is 7.94. The molecule has 2 aromatic carbocycles. The summed E-state index contributed by atoms with van der Waals surface area (Å²) >= 11 is 0. The molecule has 11 nitrogen and oxygen atoms in total. The SMILES string of the molecule is Nc1cc2cccc(-c3ccc(S(=O)(=O)C4CNC4)c(S(N)(=O)=O)c3C3=NCN=N3)c2cn1. The summed E-state index contributed by atoms with van der Waals surface area (Å²) in [6, 6.07) is 9.90. The van der Waals surface area contributed by atoms with Gasteiger partial charge in [-0.1, -0.05) is 24.3 Å². The maximum absolute atomic E-state index is 13.3. The molecular formula is C20H19N7O4S2. The molecule has 1 aromatic heterocycles. The fourth-order valence-electron chi connectivity index (χ4n) is 3.96.